The molecule has 1 N–H and O–H groups in total. The Labute approximate surface area is 159 Å². The van der Waals surface area contributed by atoms with E-state index in [9.17, 15) is 14.9 Å². The van der Waals surface area contributed by atoms with E-state index in [1.165, 1.54) is 10.9 Å². The second-order valence-corrected chi connectivity index (χ2v) is 6.47. The van der Waals surface area contributed by atoms with Gasteiger partial charge in [0.15, 0.2) is 0 Å². The molecule has 0 aliphatic heterocycles. The Bertz CT molecular complexity index is 993. The summed E-state index contributed by atoms with van der Waals surface area (Å²) >= 11 is 5.87. The minimum Gasteiger partial charge on any atom is -0.322 e. The molecule has 0 radical (unpaired) electrons. The fourth-order valence-electron chi connectivity index (χ4n) is 2.73. The number of aromatic nitrogens is 4. The van der Waals surface area contributed by atoms with E-state index in [1.807, 2.05) is 12.1 Å². The summed E-state index contributed by atoms with van der Waals surface area (Å²) in [5.41, 5.74) is 2.10. The van der Waals surface area contributed by atoms with E-state index >= 15 is 0 Å². The summed E-state index contributed by atoms with van der Waals surface area (Å²) < 4.78 is 3.01. The number of benzene rings is 1. The molecule has 0 spiro atoms. The summed E-state index contributed by atoms with van der Waals surface area (Å²) in [7, 11) is 0. The SMILES string of the molecule is Cc1nn(CC(=O)Nc2cnn(Cc3ccc(Cl)cc3)c2)c(C)c1[N+](=O)[O-]. The molecule has 2 aromatic heterocycles. The number of nitro groups is 1. The molecule has 0 unspecified atom stereocenters. The molecule has 0 saturated carbocycles. The highest BCUT2D eigenvalue weighted by atomic mass is 35.5. The van der Waals surface area contributed by atoms with Crippen LogP contribution in [0.1, 0.15) is 17.0 Å². The lowest BCUT2D eigenvalue weighted by molar-refractivity contribution is -0.386. The molecule has 10 heteroatoms. The van der Waals surface area contributed by atoms with Crippen molar-refractivity contribution in [3.63, 3.8) is 0 Å². The molecule has 1 amide bonds. The Balaban J connectivity index is 1.63. The summed E-state index contributed by atoms with van der Waals surface area (Å²) in [5, 5.41) is 22.7. The van der Waals surface area contributed by atoms with Gasteiger partial charge in [0, 0.05) is 11.2 Å². The Morgan fingerprint density at radius 1 is 1.30 bits per heavy atom. The zero-order valence-electron chi connectivity index (χ0n) is 14.7. The van der Waals surface area contributed by atoms with Gasteiger partial charge in [-0.15, -0.1) is 0 Å². The molecule has 140 valence electrons. The third-order valence-electron chi connectivity index (χ3n) is 3.99. The van der Waals surface area contributed by atoms with Crippen LogP contribution in [0.4, 0.5) is 11.4 Å². The van der Waals surface area contributed by atoms with Crippen LogP contribution >= 0.6 is 11.6 Å². The van der Waals surface area contributed by atoms with Gasteiger partial charge in [0.2, 0.25) is 5.91 Å². The highest BCUT2D eigenvalue weighted by molar-refractivity contribution is 6.30. The number of carbonyl (C=O) groups excluding carboxylic acids is 1. The Hall–Kier alpha value is -3.20. The van der Waals surface area contributed by atoms with Crippen molar-refractivity contribution in [1.29, 1.82) is 0 Å². The van der Waals surface area contributed by atoms with Gasteiger partial charge in [0.1, 0.15) is 17.9 Å². The molecule has 1 aromatic carbocycles. The quantitative estimate of drug-likeness (QED) is 0.516. The van der Waals surface area contributed by atoms with E-state index in [0.29, 0.717) is 22.9 Å². The maximum atomic E-state index is 12.2. The summed E-state index contributed by atoms with van der Waals surface area (Å²) in [6.07, 6.45) is 3.24. The summed E-state index contributed by atoms with van der Waals surface area (Å²) in [6, 6.07) is 7.41. The molecule has 3 aromatic rings. The standard InChI is InChI=1S/C17H17ClN6O3/c1-11-17(24(26)27)12(2)23(21-11)10-16(25)20-15-7-19-22(9-15)8-13-3-5-14(18)6-4-13/h3-7,9H,8,10H2,1-2H3,(H,20,25). The second-order valence-electron chi connectivity index (χ2n) is 6.04. The minimum atomic E-state index is -0.493. The largest absolute Gasteiger partial charge is 0.322 e. The van der Waals surface area contributed by atoms with Gasteiger partial charge in [-0.25, -0.2) is 0 Å². The number of halogens is 1. The number of nitrogens with one attached hydrogen (secondary N) is 1. The molecule has 0 saturated heterocycles. The predicted octanol–water partition coefficient (Wildman–Crippen LogP) is 2.95. The average Bonchev–Trinajstić information content (AvgIpc) is 3.13. The van der Waals surface area contributed by atoms with Crippen LogP contribution in [0.15, 0.2) is 36.7 Å². The van der Waals surface area contributed by atoms with Crippen molar-refractivity contribution in [3.05, 3.63) is 68.7 Å². The second kappa shape index (κ2) is 7.58. The van der Waals surface area contributed by atoms with Gasteiger partial charge in [0.25, 0.3) is 0 Å². The summed E-state index contributed by atoms with van der Waals surface area (Å²) in [6.45, 7) is 3.52. The fourth-order valence-corrected chi connectivity index (χ4v) is 2.86. The lowest BCUT2D eigenvalue weighted by Gasteiger charge is -2.04. The number of rotatable bonds is 6. The van der Waals surface area contributed by atoms with Crippen molar-refractivity contribution in [2.24, 2.45) is 0 Å². The van der Waals surface area contributed by atoms with E-state index in [1.54, 1.807) is 36.9 Å². The van der Waals surface area contributed by atoms with Crippen LogP contribution in [0, 0.1) is 24.0 Å². The molecule has 9 nitrogen and oxygen atoms in total. The first-order valence-electron chi connectivity index (χ1n) is 8.08. The van der Waals surface area contributed by atoms with Gasteiger partial charge < -0.3 is 5.32 Å². The number of anilines is 1. The van der Waals surface area contributed by atoms with Gasteiger partial charge in [0.05, 0.1) is 23.4 Å². The molecule has 0 fully saturated rings. The molecule has 0 atom stereocenters. The van der Waals surface area contributed by atoms with Crippen LogP contribution < -0.4 is 5.32 Å². The van der Waals surface area contributed by atoms with Gasteiger partial charge in [-0.3, -0.25) is 24.3 Å². The topological polar surface area (TPSA) is 108 Å². The highest BCUT2D eigenvalue weighted by Gasteiger charge is 2.22. The zero-order chi connectivity index (χ0) is 19.6. The Morgan fingerprint density at radius 3 is 2.63 bits per heavy atom. The minimum absolute atomic E-state index is 0.0708. The molecule has 27 heavy (non-hydrogen) atoms. The van der Waals surface area contributed by atoms with Gasteiger partial charge >= 0.3 is 5.69 Å². The van der Waals surface area contributed by atoms with E-state index in [4.69, 9.17) is 11.6 Å². The van der Waals surface area contributed by atoms with Crippen molar-refractivity contribution in [2.75, 3.05) is 5.32 Å². The van der Waals surface area contributed by atoms with Crippen LogP contribution in [0.3, 0.4) is 0 Å². The molecule has 0 aliphatic rings. The van der Waals surface area contributed by atoms with Crippen molar-refractivity contribution in [2.45, 2.75) is 26.9 Å². The van der Waals surface area contributed by atoms with Gasteiger partial charge in [-0.2, -0.15) is 10.2 Å². The van der Waals surface area contributed by atoms with Crippen LogP contribution in [-0.4, -0.2) is 30.4 Å². The van der Waals surface area contributed by atoms with E-state index in [0.717, 1.165) is 5.56 Å². The number of hydrogen-bond acceptors (Lipinski definition) is 5. The third kappa shape index (κ3) is 4.32. The third-order valence-corrected chi connectivity index (χ3v) is 4.25. The van der Waals surface area contributed by atoms with E-state index in [2.05, 4.69) is 15.5 Å². The smallest absolute Gasteiger partial charge is 0.312 e. The van der Waals surface area contributed by atoms with Crippen molar-refractivity contribution < 1.29 is 9.72 Å². The van der Waals surface area contributed by atoms with Gasteiger partial charge in [-0.05, 0) is 31.5 Å². The zero-order valence-corrected chi connectivity index (χ0v) is 15.5. The van der Waals surface area contributed by atoms with Gasteiger partial charge in [-0.1, -0.05) is 23.7 Å². The number of carbonyl (C=O) groups is 1. The molecule has 0 bridgehead atoms. The first-order chi connectivity index (χ1) is 12.8. The fraction of sp³-hybridized carbons (Fsp3) is 0.235. The molecular weight excluding hydrogens is 372 g/mol. The van der Waals surface area contributed by atoms with Crippen molar-refractivity contribution in [3.8, 4) is 0 Å². The number of amides is 1. The summed E-state index contributed by atoms with van der Waals surface area (Å²) in [5.74, 6) is -0.346. The molecule has 0 aliphatic carbocycles. The highest BCUT2D eigenvalue weighted by Crippen LogP contribution is 2.21. The van der Waals surface area contributed by atoms with Crippen LogP contribution in [0.2, 0.25) is 5.02 Å². The first-order valence-corrected chi connectivity index (χ1v) is 8.46. The molecule has 3 rings (SSSR count). The van der Waals surface area contributed by atoms with Crippen molar-refractivity contribution in [1.82, 2.24) is 19.6 Å². The summed E-state index contributed by atoms with van der Waals surface area (Å²) in [4.78, 5) is 22.8. The average molecular weight is 389 g/mol. The predicted molar refractivity (Wildman–Crippen MR) is 99.8 cm³/mol. The van der Waals surface area contributed by atoms with Crippen molar-refractivity contribution >= 4 is 28.9 Å². The molecular formula is C17H17ClN6O3. The lowest BCUT2D eigenvalue weighted by atomic mass is 10.2. The maximum absolute atomic E-state index is 12.2. The first kappa shape index (κ1) is 18.6. The van der Waals surface area contributed by atoms with Crippen LogP contribution in [-0.2, 0) is 17.9 Å². The monoisotopic (exact) mass is 388 g/mol. The normalized spacial score (nSPS) is 10.8. The van der Waals surface area contributed by atoms with Crippen LogP contribution in [0.5, 0.6) is 0 Å². The number of aryl methyl sites for hydroxylation is 1. The molecule has 2 heterocycles. The number of nitrogens with zero attached hydrogens (tertiary/aromatic N) is 5. The number of hydrogen-bond donors (Lipinski definition) is 1. The van der Waals surface area contributed by atoms with E-state index < -0.39 is 4.92 Å². The Kier molecular flexibility index (Phi) is 5.22. The van der Waals surface area contributed by atoms with E-state index in [-0.39, 0.29) is 23.8 Å². The maximum Gasteiger partial charge on any atom is 0.312 e. The lowest BCUT2D eigenvalue weighted by Crippen LogP contribution is -2.20. The Morgan fingerprint density at radius 2 is 2.00 bits per heavy atom. The van der Waals surface area contributed by atoms with Crippen LogP contribution in [0.25, 0.3) is 0 Å².